The summed E-state index contributed by atoms with van der Waals surface area (Å²) in [5.74, 6) is 0. The maximum absolute atomic E-state index is 3.69. The van der Waals surface area contributed by atoms with Crippen LogP contribution in [0.4, 0.5) is 0 Å². The molecule has 102 valence electrons. The highest BCUT2D eigenvalue weighted by atomic mass is 15.3. The highest BCUT2D eigenvalue weighted by Gasteiger charge is 2.40. The number of hydrogen-bond donors (Lipinski definition) is 1. The molecule has 0 saturated carbocycles. The van der Waals surface area contributed by atoms with Crippen LogP contribution in [-0.4, -0.2) is 60.1 Å². The number of fused-ring (bicyclic) bond motifs is 4. The summed E-state index contributed by atoms with van der Waals surface area (Å²) in [5.41, 5.74) is 0. The average Bonchev–Trinajstić information content (AvgIpc) is 2.48. The van der Waals surface area contributed by atoms with E-state index >= 15 is 0 Å². The highest BCUT2D eigenvalue weighted by molar-refractivity contribution is 4.98. The molecule has 3 nitrogen and oxygen atoms in total. The smallest absolute Gasteiger partial charge is 0.0228 e. The Morgan fingerprint density at radius 1 is 0.778 bits per heavy atom. The van der Waals surface area contributed by atoms with Crippen LogP contribution in [0.5, 0.6) is 0 Å². The van der Waals surface area contributed by atoms with Crippen molar-refractivity contribution in [2.45, 2.75) is 69.1 Å². The highest BCUT2D eigenvalue weighted by Crippen LogP contribution is 2.32. The minimum Gasteiger partial charge on any atom is -0.311 e. The van der Waals surface area contributed by atoms with Crippen LogP contribution in [-0.2, 0) is 0 Å². The number of nitrogens with one attached hydrogen (secondary N) is 1. The van der Waals surface area contributed by atoms with E-state index in [4.69, 9.17) is 0 Å². The fourth-order valence-corrected chi connectivity index (χ4v) is 4.83. The van der Waals surface area contributed by atoms with Crippen LogP contribution >= 0.6 is 0 Å². The molecule has 5 rings (SSSR count). The number of rotatable bonds is 1. The van der Waals surface area contributed by atoms with E-state index in [2.05, 4.69) is 15.1 Å². The van der Waals surface area contributed by atoms with Crippen LogP contribution in [0.15, 0.2) is 0 Å². The van der Waals surface area contributed by atoms with Crippen LogP contribution < -0.4 is 5.32 Å². The maximum atomic E-state index is 3.69. The Balaban J connectivity index is 1.43. The van der Waals surface area contributed by atoms with Crippen molar-refractivity contribution >= 4 is 0 Å². The van der Waals surface area contributed by atoms with E-state index < -0.39 is 0 Å². The van der Waals surface area contributed by atoms with Gasteiger partial charge < -0.3 is 5.32 Å². The summed E-state index contributed by atoms with van der Waals surface area (Å²) in [6.07, 6.45) is 10.2. The normalized spacial score (nSPS) is 46.0. The number of hydrogen-bond acceptors (Lipinski definition) is 3. The van der Waals surface area contributed by atoms with E-state index in [-0.39, 0.29) is 0 Å². The van der Waals surface area contributed by atoms with E-state index in [0.717, 1.165) is 24.2 Å². The fourth-order valence-electron chi connectivity index (χ4n) is 4.83. The topological polar surface area (TPSA) is 18.5 Å². The first-order valence-corrected chi connectivity index (χ1v) is 8.13. The molecule has 0 spiro atoms. The van der Waals surface area contributed by atoms with Crippen molar-refractivity contribution in [1.29, 1.82) is 0 Å². The molecule has 0 aromatic carbocycles. The maximum Gasteiger partial charge on any atom is 0.0228 e. The Hall–Kier alpha value is -0.120. The average molecular weight is 249 g/mol. The molecule has 5 fully saturated rings. The predicted octanol–water partition coefficient (Wildman–Crippen LogP) is 1.44. The minimum absolute atomic E-state index is 0.800. The lowest BCUT2D eigenvalue weighted by atomic mass is 9.86. The zero-order valence-electron chi connectivity index (χ0n) is 11.5. The van der Waals surface area contributed by atoms with Crippen molar-refractivity contribution in [2.24, 2.45) is 0 Å². The van der Waals surface area contributed by atoms with Crippen LogP contribution in [0, 0.1) is 0 Å². The van der Waals surface area contributed by atoms with Gasteiger partial charge in [0.2, 0.25) is 0 Å². The fraction of sp³-hybridized carbons (Fsp3) is 1.00. The molecule has 5 saturated heterocycles. The standard InChI is InChI=1S/C15H27N3/c1-2-8-17-11-15(7-6-13(17)3-1)18-10-12-4-5-14(18)9-16-12/h12-16H,1-11H2. The van der Waals surface area contributed by atoms with Gasteiger partial charge in [0, 0.05) is 43.8 Å². The Kier molecular flexibility index (Phi) is 3.10. The summed E-state index contributed by atoms with van der Waals surface area (Å²) < 4.78 is 0. The second-order valence-electron chi connectivity index (χ2n) is 6.91. The SMILES string of the molecule is C1CCN2CC(N3CC4CCC3CN4)CCC2C1. The van der Waals surface area contributed by atoms with E-state index in [1.54, 1.807) is 0 Å². The molecule has 1 N–H and O–H groups in total. The number of piperidine rings is 4. The monoisotopic (exact) mass is 249 g/mol. The van der Waals surface area contributed by atoms with Gasteiger partial charge in [0.25, 0.3) is 0 Å². The van der Waals surface area contributed by atoms with Gasteiger partial charge in [-0.2, -0.15) is 0 Å². The second-order valence-corrected chi connectivity index (χ2v) is 6.91. The van der Waals surface area contributed by atoms with Gasteiger partial charge >= 0.3 is 0 Å². The molecular formula is C15H27N3. The Bertz CT molecular complexity index is 298. The summed E-state index contributed by atoms with van der Waals surface area (Å²) in [7, 11) is 0. The first-order valence-electron chi connectivity index (χ1n) is 8.13. The van der Waals surface area contributed by atoms with Gasteiger partial charge in [-0.15, -0.1) is 0 Å². The van der Waals surface area contributed by atoms with Crippen LogP contribution in [0.2, 0.25) is 0 Å². The Labute approximate surface area is 111 Å². The van der Waals surface area contributed by atoms with Crippen molar-refractivity contribution in [3.05, 3.63) is 0 Å². The van der Waals surface area contributed by atoms with Crippen molar-refractivity contribution in [2.75, 3.05) is 26.2 Å². The molecule has 0 amide bonds. The first kappa shape index (κ1) is 11.7. The molecule has 2 bridgehead atoms. The molecule has 0 aliphatic carbocycles. The molecule has 0 aromatic heterocycles. The zero-order chi connectivity index (χ0) is 11.9. The lowest BCUT2D eigenvalue weighted by Gasteiger charge is -2.53. The molecule has 5 aliphatic rings. The van der Waals surface area contributed by atoms with Crippen LogP contribution in [0.3, 0.4) is 0 Å². The second kappa shape index (κ2) is 4.77. The third-order valence-corrected chi connectivity index (χ3v) is 5.89. The summed E-state index contributed by atoms with van der Waals surface area (Å²) >= 11 is 0. The van der Waals surface area contributed by atoms with Gasteiger partial charge in [-0.25, -0.2) is 0 Å². The molecule has 5 heterocycles. The van der Waals surface area contributed by atoms with Crippen molar-refractivity contribution in [3.8, 4) is 0 Å². The van der Waals surface area contributed by atoms with Crippen molar-refractivity contribution in [3.63, 3.8) is 0 Å². The Morgan fingerprint density at radius 3 is 2.44 bits per heavy atom. The van der Waals surface area contributed by atoms with Crippen LogP contribution in [0.25, 0.3) is 0 Å². The van der Waals surface area contributed by atoms with Gasteiger partial charge in [-0.1, -0.05) is 6.42 Å². The lowest BCUT2D eigenvalue weighted by Crippen LogP contribution is -2.66. The molecule has 4 unspecified atom stereocenters. The molecule has 4 atom stereocenters. The number of nitrogens with zero attached hydrogens (tertiary/aromatic N) is 2. The van der Waals surface area contributed by atoms with E-state index in [0.29, 0.717) is 0 Å². The summed E-state index contributed by atoms with van der Waals surface area (Å²) in [4.78, 5) is 5.68. The quantitative estimate of drug-likeness (QED) is 0.758. The molecular weight excluding hydrogens is 222 g/mol. The van der Waals surface area contributed by atoms with Crippen LogP contribution in [0.1, 0.15) is 44.9 Å². The van der Waals surface area contributed by atoms with E-state index in [1.165, 1.54) is 71.1 Å². The summed E-state index contributed by atoms with van der Waals surface area (Å²) in [6, 6.07) is 3.46. The van der Waals surface area contributed by atoms with Gasteiger partial charge in [-0.3, -0.25) is 9.80 Å². The molecule has 3 heteroatoms. The number of piperazine rings is 1. The van der Waals surface area contributed by atoms with Crippen molar-refractivity contribution < 1.29 is 0 Å². The minimum atomic E-state index is 0.800. The largest absolute Gasteiger partial charge is 0.311 e. The Morgan fingerprint density at radius 2 is 1.67 bits per heavy atom. The van der Waals surface area contributed by atoms with E-state index in [1.807, 2.05) is 0 Å². The molecule has 0 aromatic rings. The lowest BCUT2D eigenvalue weighted by molar-refractivity contribution is -0.0177. The summed E-state index contributed by atoms with van der Waals surface area (Å²) in [6.45, 7) is 5.33. The van der Waals surface area contributed by atoms with Gasteiger partial charge in [-0.05, 0) is 45.1 Å². The third-order valence-electron chi connectivity index (χ3n) is 5.89. The van der Waals surface area contributed by atoms with Gasteiger partial charge in [0.1, 0.15) is 0 Å². The van der Waals surface area contributed by atoms with Gasteiger partial charge in [0.15, 0.2) is 0 Å². The molecule has 0 radical (unpaired) electrons. The van der Waals surface area contributed by atoms with Gasteiger partial charge in [0.05, 0.1) is 0 Å². The predicted molar refractivity (Wildman–Crippen MR) is 73.8 cm³/mol. The van der Waals surface area contributed by atoms with E-state index in [9.17, 15) is 0 Å². The third kappa shape index (κ3) is 2.00. The first-order chi connectivity index (χ1) is 8.90. The molecule has 18 heavy (non-hydrogen) atoms. The zero-order valence-corrected chi connectivity index (χ0v) is 11.5. The molecule has 5 aliphatic heterocycles. The van der Waals surface area contributed by atoms with Crippen molar-refractivity contribution in [1.82, 2.24) is 15.1 Å². The summed E-state index contributed by atoms with van der Waals surface area (Å²) in [5, 5.41) is 3.69.